The summed E-state index contributed by atoms with van der Waals surface area (Å²) in [4.78, 5) is 9.85. The quantitative estimate of drug-likeness (QED) is 0.538. The minimum absolute atomic E-state index is 0.00417. The third kappa shape index (κ3) is 1.42. The summed E-state index contributed by atoms with van der Waals surface area (Å²) in [5.74, 6) is -0.00417. The lowest BCUT2D eigenvalue weighted by atomic mass is 10.2. The van der Waals surface area contributed by atoms with Gasteiger partial charge in [0.25, 0.3) is 5.69 Å². The molecule has 0 radical (unpaired) electrons. The molecule has 0 fully saturated rings. The third-order valence-electron chi connectivity index (χ3n) is 1.43. The SMILES string of the molecule is C=Cc1cc(O)ccc1[N+](=O)[O-]. The van der Waals surface area contributed by atoms with Crippen LogP contribution in [0.2, 0.25) is 0 Å². The summed E-state index contributed by atoms with van der Waals surface area (Å²) in [6.07, 6.45) is 1.33. The lowest BCUT2D eigenvalue weighted by molar-refractivity contribution is -0.385. The Kier molecular flexibility index (Phi) is 2.09. The number of nitro groups is 1. The second-order valence-corrected chi connectivity index (χ2v) is 2.20. The molecule has 1 aromatic carbocycles. The molecular formula is C8H7NO3. The summed E-state index contributed by atoms with van der Waals surface area (Å²) in [6, 6.07) is 3.81. The van der Waals surface area contributed by atoms with Gasteiger partial charge in [0, 0.05) is 6.07 Å². The summed E-state index contributed by atoms with van der Waals surface area (Å²) in [5, 5.41) is 19.3. The summed E-state index contributed by atoms with van der Waals surface area (Å²) in [6.45, 7) is 3.40. The number of hydrogen-bond acceptors (Lipinski definition) is 3. The van der Waals surface area contributed by atoms with Gasteiger partial charge in [-0.2, -0.15) is 0 Å². The standard InChI is InChI=1S/C8H7NO3/c1-2-6-5-7(10)3-4-8(6)9(11)12/h2-5,10H,1H2. The van der Waals surface area contributed by atoms with Crippen LogP contribution in [0.5, 0.6) is 5.75 Å². The average Bonchev–Trinajstić information content (AvgIpc) is 2.03. The molecule has 0 bridgehead atoms. The first kappa shape index (κ1) is 8.26. The molecule has 0 aliphatic heterocycles. The van der Waals surface area contributed by atoms with Crippen molar-refractivity contribution in [3.63, 3.8) is 0 Å². The van der Waals surface area contributed by atoms with E-state index in [0.29, 0.717) is 5.56 Å². The van der Waals surface area contributed by atoms with E-state index >= 15 is 0 Å². The van der Waals surface area contributed by atoms with Crippen LogP contribution in [0.15, 0.2) is 24.8 Å². The van der Waals surface area contributed by atoms with Crippen molar-refractivity contribution in [1.29, 1.82) is 0 Å². The molecule has 1 aromatic rings. The van der Waals surface area contributed by atoms with E-state index in [2.05, 4.69) is 6.58 Å². The van der Waals surface area contributed by atoms with E-state index in [1.165, 1.54) is 24.3 Å². The molecule has 0 atom stereocenters. The van der Waals surface area contributed by atoms with Crippen molar-refractivity contribution in [2.75, 3.05) is 0 Å². The van der Waals surface area contributed by atoms with Crippen molar-refractivity contribution in [2.24, 2.45) is 0 Å². The van der Waals surface area contributed by atoms with Crippen LogP contribution < -0.4 is 0 Å². The maximum atomic E-state index is 10.4. The Labute approximate surface area is 68.9 Å². The molecule has 4 nitrogen and oxygen atoms in total. The minimum Gasteiger partial charge on any atom is -0.508 e. The molecular weight excluding hydrogens is 158 g/mol. The Morgan fingerprint density at radius 2 is 2.25 bits per heavy atom. The van der Waals surface area contributed by atoms with Crippen LogP contribution in [-0.4, -0.2) is 10.0 Å². The van der Waals surface area contributed by atoms with Crippen LogP contribution in [0.3, 0.4) is 0 Å². The van der Waals surface area contributed by atoms with Gasteiger partial charge in [0.1, 0.15) is 5.75 Å². The molecule has 1 N–H and O–H groups in total. The molecule has 12 heavy (non-hydrogen) atoms. The fraction of sp³-hybridized carbons (Fsp3) is 0. The van der Waals surface area contributed by atoms with Crippen LogP contribution in [-0.2, 0) is 0 Å². The predicted molar refractivity (Wildman–Crippen MR) is 44.9 cm³/mol. The number of benzene rings is 1. The lowest BCUT2D eigenvalue weighted by Crippen LogP contribution is -1.90. The van der Waals surface area contributed by atoms with Crippen LogP contribution >= 0.6 is 0 Å². The number of phenols is 1. The van der Waals surface area contributed by atoms with Gasteiger partial charge in [-0.25, -0.2) is 0 Å². The van der Waals surface area contributed by atoms with E-state index in [9.17, 15) is 10.1 Å². The Morgan fingerprint density at radius 1 is 1.58 bits per heavy atom. The van der Waals surface area contributed by atoms with Gasteiger partial charge in [-0.1, -0.05) is 12.7 Å². The monoisotopic (exact) mass is 165 g/mol. The molecule has 0 heterocycles. The van der Waals surface area contributed by atoms with Gasteiger partial charge < -0.3 is 5.11 Å². The summed E-state index contributed by atoms with van der Waals surface area (Å²) in [7, 11) is 0. The number of aromatic hydroxyl groups is 1. The molecule has 0 spiro atoms. The van der Waals surface area contributed by atoms with E-state index in [1.54, 1.807) is 0 Å². The fourth-order valence-electron chi connectivity index (χ4n) is 0.872. The third-order valence-corrected chi connectivity index (χ3v) is 1.43. The van der Waals surface area contributed by atoms with E-state index in [-0.39, 0.29) is 11.4 Å². The average molecular weight is 165 g/mol. The summed E-state index contributed by atoms with van der Waals surface area (Å²) >= 11 is 0. The molecule has 62 valence electrons. The highest BCUT2D eigenvalue weighted by molar-refractivity contribution is 5.61. The first-order valence-electron chi connectivity index (χ1n) is 3.25. The number of phenolic OH excluding ortho intramolecular Hbond substituents is 1. The van der Waals surface area contributed by atoms with Gasteiger partial charge >= 0.3 is 0 Å². The van der Waals surface area contributed by atoms with Crippen LogP contribution in [0, 0.1) is 10.1 Å². The Bertz CT molecular complexity index is 333. The largest absolute Gasteiger partial charge is 0.508 e. The second-order valence-electron chi connectivity index (χ2n) is 2.20. The highest BCUT2D eigenvalue weighted by Gasteiger charge is 2.10. The number of hydrogen-bond donors (Lipinski definition) is 1. The zero-order valence-electron chi connectivity index (χ0n) is 6.23. The molecule has 0 aromatic heterocycles. The van der Waals surface area contributed by atoms with Gasteiger partial charge in [-0.15, -0.1) is 0 Å². The first-order valence-corrected chi connectivity index (χ1v) is 3.25. The minimum atomic E-state index is -0.517. The maximum absolute atomic E-state index is 10.4. The van der Waals surface area contributed by atoms with Gasteiger partial charge in [-0.05, 0) is 12.1 Å². The van der Waals surface area contributed by atoms with E-state index < -0.39 is 4.92 Å². The highest BCUT2D eigenvalue weighted by Crippen LogP contribution is 2.23. The topological polar surface area (TPSA) is 63.4 Å². The molecule has 1 rings (SSSR count). The molecule has 0 aliphatic carbocycles. The second kappa shape index (κ2) is 3.04. The molecule has 0 saturated heterocycles. The Morgan fingerprint density at radius 3 is 2.75 bits per heavy atom. The normalized spacial score (nSPS) is 9.33. The first-order chi connectivity index (χ1) is 5.65. The van der Waals surface area contributed by atoms with Crippen LogP contribution in [0.25, 0.3) is 6.08 Å². The molecule has 0 amide bonds. The van der Waals surface area contributed by atoms with Crippen molar-refractivity contribution in [2.45, 2.75) is 0 Å². The molecule has 0 aliphatic rings. The zero-order valence-corrected chi connectivity index (χ0v) is 6.23. The van der Waals surface area contributed by atoms with Gasteiger partial charge in [-0.3, -0.25) is 10.1 Å². The Hall–Kier alpha value is -1.84. The van der Waals surface area contributed by atoms with Crippen LogP contribution in [0.1, 0.15) is 5.56 Å². The van der Waals surface area contributed by atoms with Crippen molar-refractivity contribution in [1.82, 2.24) is 0 Å². The zero-order chi connectivity index (χ0) is 9.14. The van der Waals surface area contributed by atoms with Gasteiger partial charge in [0.05, 0.1) is 10.5 Å². The smallest absolute Gasteiger partial charge is 0.276 e. The molecule has 4 heteroatoms. The van der Waals surface area contributed by atoms with Crippen molar-refractivity contribution in [3.8, 4) is 5.75 Å². The Balaban J connectivity index is 3.29. The highest BCUT2D eigenvalue weighted by atomic mass is 16.6. The number of nitro benzene ring substituents is 1. The number of rotatable bonds is 2. The van der Waals surface area contributed by atoms with E-state index in [0.717, 1.165) is 0 Å². The number of nitrogens with zero attached hydrogens (tertiary/aromatic N) is 1. The predicted octanol–water partition coefficient (Wildman–Crippen LogP) is 1.94. The molecule has 0 saturated carbocycles. The lowest BCUT2D eigenvalue weighted by Gasteiger charge is -1.96. The van der Waals surface area contributed by atoms with E-state index in [1.807, 2.05) is 0 Å². The van der Waals surface area contributed by atoms with Gasteiger partial charge in [0.15, 0.2) is 0 Å². The summed E-state index contributed by atoms with van der Waals surface area (Å²) < 4.78 is 0. The van der Waals surface area contributed by atoms with Crippen molar-refractivity contribution in [3.05, 3.63) is 40.5 Å². The van der Waals surface area contributed by atoms with Crippen molar-refractivity contribution < 1.29 is 10.0 Å². The fourth-order valence-corrected chi connectivity index (χ4v) is 0.872. The van der Waals surface area contributed by atoms with E-state index in [4.69, 9.17) is 5.11 Å². The van der Waals surface area contributed by atoms with Crippen LogP contribution in [0.4, 0.5) is 5.69 Å². The van der Waals surface area contributed by atoms with Crippen molar-refractivity contribution >= 4 is 11.8 Å². The maximum Gasteiger partial charge on any atom is 0.276 e. The molecule has 0 unspecified atom stereocenters. The van der Waals surface area contributed by atoms with Gasteiger partial charge in [0.2, 0.25) is 0 Å². The summed E-state index contributed by atoms with van der Waals surface area (Å²) in [5.41, 5.74) is 0.266.